The second-order valence-corrected chi connectivity index (χ2v) is 2.59. The summed E-state index contributed by atoms with van der Waals surface area (Å²) in [7, 11) is 1.40. The number of aldehydes is 1. The standard InChI is InChI=1S/C6H12O6.CH5NO/c7-1-3(9)5(11)6(12)4(10)2-8;1-3-2/h1,3-6,8-12H,2H2;2H2,1H3/t3-,4+,5+,6+;/m0./s1. The van der Waals surface area contributed by atoms with E-state index in [1.54, 1.807) is 0 Å². The van der Waals surface area contributed by atoms with Crippen LogP contribution in [0.1, 0.15) is 0 Å². The summed E-state index contributed by atoms with van der Waals surface area (Å²) >= 11 is 0. The lowest BCUT2D eigenvalue weighted by Crippen LogP contribution is -2.46. The Labute approximate surface area is 86.5 Å². The SMILES string of the molecule is CON.O=C[C@H](O)[C@@H](O)[C@H](O)[C@H](O)CO. The van der Waals surface area contributed by atoms with Crippen molar-refractivity contribution in [2.24, 2.45) is 5.90 Å². The first-order chi connectivity index (χ1) is 6.95. The second kappa shape index (κ2) is 9.93. The van der Waals surface area contributed by atoms with E-state index in [1.807, 2.05) is 0 Å². The largest absolute Gasteiger partial charge is 0.394 e. The van der Waals surface area contributed by atoms with Crippen molar-refractivity contribution < 1.29 is 35.2 Å². The van der Waals surface area contributed by atoms with Crippen LogP contribution in [-0.4, -0.2) is 70.0 Å². The van der Waals surface area contributed by atoms with Crippen molar-refractivity contribution in [3.05, 3.63) is 0 Å². The zero-order valence-corrected chi connectivity index (χ0v) is 8.22. The minimum absolute atomic E-state index is 0.0258. The maximum absolute atomic E-state index is 9.90. The molecule has 8 nitrogen and oxygen atoms in total. The van der Waals surface area contributed by atoms with Gasteiger partial charge in [-0.15, -0.1) is 0 Å². The summed E-state index contributed by atoms with van der Waals surface area (Å²) in [6, 6.07) is 0. The van der Waals surface area contributed by atoms with Crippen LogP contribution in [0.3, 0.4) is 0 Å². The van der Waals surface area contributed by atoms with E-state index in [0.29, 0.717) is 0 Å². The van der Waals surface area contributed by atoms with Gasteiger partial charge in [-0.2, -0.15) is 0 Å². The molecule has 0 saturated heterocycles. The third kappa shape index (κ3) is 7.33. The normalized spacial score (nSPS) is 18.1. The van der Waals surface area contributed by atoms with Crippen molar-refractivity contribution in [2.45, 2.75) is 24.4 Å². The predicted octanol–water partition coefficient (Wildman–Crippen LogP) is -3.87. The number of hydrogen-bond donors (Lipinski definition) is 6. The first kappa shape index (κ1) is 16.8. The highest BCUT2D eigenvalue weighted by atomic mass is 16.6. The van der Waals surface area contributed by atoms with Crippen LogP contribution in [0, 0.1) is 0 Å². The van der Waals surface area contributed by atoms with Crippen LogP contribution >= 0.6 is 0 Å². The van der Waals surface area contributed by atoms with Gasteiger partial charge in [0.25, 0.3) is 0 Å². The summed E-state index contributed by atoms with van der Waals surface area (Å²) in [5.41, 5.74) is 0. The van der Waals surface area contributed by atoms with Gasteiger partial charge in [0.2, 0.25) is 0 Å². The molecule has 0 aliphatic carbocycles. The number of hydrogen-bond acceptors (Lipinski definition) is 8. The fourth-order valence-electron chi connectivity index (χ4n) is 0.618. The van der Waals surface area contributed by atoms with E-state index >= 15 is 0 Å². The summed E-state index contributed by atoms with van der Waals surface area (Å²) in [6.45, 7) is -0.760. The van der Waals surface area contributed by atoms with Crippen molar-refractivity contribution in [1.82, 2.24) is 0 Å². The lowest BCUT2D eigenvalue weighted by Gasteiger charge is -2.22. The third-order valence-corrected chi connectivity index (χ3v) is 1.42. The van der Waals surface area contributed by atoms with Crippen LogP contribution in [0.5, 0.6) is 0 Å². The molecule has 0 saturated carbocycles. The highest BCUT2D eigenvalue weighted by molar-refractivity contribution is 5.56. The molecule has 0 bridgehead atoms. The number of aliphatic hydroxyl groups is 5. The first-order valence-electron chi connectivity index (χ1n) is 3.97. The summed E-state index contributed by atoms with van der Waals surface area (Å²) in [6.07, 6.45) is -6.84. The van der Waals surface area contributed by atoms with E-state index in [2.05, 4.69) is 10.7 Å². The lowest BCUT2D eigenvalue weighted by molar-refractivity contribution is -0.136. The van der Waals surface area contributed by atoms with Gasteiger partial charge in [-0.25, -0.2) is 5.90 Å². The van der Waals surface area contributed by atoms with E-state index in [9.17, 15) is 4.79 Å². The predicted molar refractivity (Wildman–Crippen MR) is 48.4 cm³/mol. The zero-order valence-electron chi connectivity index (χ0n) is 8.22. The first-order valence-corrected chi connectivity index (χ1v) is 3.97. The van der Waals surface area contributed by atoms with Crippen molar-refractivity contribution in [3.63, 3.8) is 0 Å². The van der Waals surface area contributed by atoms with E-state index in [1.165, 1.54) is 7.11 Å². The highest BCUT2D eigenvalue weighted by Crippen LogP contribution is 2.02. The molecule has 0 unspecified atom stereocenters. The number of nitrogens with two attached hydrogens (primary N) is 1. The molecule has 0 aliphatic heterocycles. The van der Waals surface area contributed by atoms with Crippen molar-refractivity contribution in [1.29, 1.82) is 0 Å². The highest BCUT2D eigenvalue weighted by Gasteiger charge is 2.29. The van der Waals surface area contributed by atoms with E-state index in [-0.39, 0.29) is 6.29 Å². The molecule has 0 radical (unpaired) electrons. The molecule has 0 amide bonds. The van der Waals surface area contributed by atoms with E-state index in [0.717, 1.165) is 0 Å². The average Bonchev–Trinajstić information content (AvgIpc) is 2.25. The lowest BCUT2D eigenvalue weighted by atomic mass is 10.0. The van der Waals surface area contributed by atoms with Crippen LogP contribution in [0.2, 0.25) is 0 Å². The molecule has 7 N–H and O–H groups in total. The van der Waals surface area contributed by atoms with Crippen LogP contribution in [0.15, 0.2) is 0 Å². The third-order valence-electron chi connectivity index (χ3n) is 1.42. The van der Waals surface area contributed by atoms with Gasteiger partial charge in [-0.3, -0.25) is 0 Å². The smallest absolute Gasteiger partial charge is 0.151 e. The van der Waals surface area contributed by atoms with Gasteiger partial charge in [-0.05, 0) is 0 Å². The second-order valence-electron chi connectivity index (χ2n) is 2.59. The summed E-state index contributed by atoms with van der Waals surface area (Å²) in [4.78, 5) is 13.6. The number of carbonyl (C=O) groups excluding carboxylic acids is 1. The Morgan fingerprint density at radius 2 is 1.67 bits per heavy atom. The molecular formula is C7H17NO7. The summed E-state index contributed by atoms with van der Waals surface area (Å²) in [5.74, 6) is 4.35. The fourth-order valence-corrected chi connectivity index (χ4v) is 0.618. The molecule has 0 heterocycles. The molecule has 4 atom stereocenters. The molecule has 0 aliphatic rings. The maximum atomic E-state index is 9.90. The molecule has 0 aromatic rings. The summed E-state index contributed by atoms with van der Waals surface area (Å²) < 4.78 is 0. The van der Waals surface area contributed by atoms with Gasteiger partial charge in [0.15, 0.2) is 6.29 Å². The van der Waals surface area contributed by atoms with E-state index < -0.39 is 31.0 Å². The van der Waals surface area contributed by atoms with Crippen molar-refractivity contribution in [3.8, 4) is 0 Å². The Bertz CT molecular complexity index is 156. The Kier molecular flexibility index (Phi) is 11.1. The number of rotatable bonds is 5. The van der Waals surface area contributed by atoms with Gasteiger partial charge in [0, 0.05) is 0 Å². The Morgan fingerprint density at radius 1 is 1.27 bits per heavy atom. The zero-order chi connectivity index (χ0) is 12.4. The average molecular weight is 227 g/mol. The van der Waals surface area contributed by atoms with Crippen molar-refractivity contribution in [2.75, 3.05) is 13.7 Å². The number of aliphatic hydroxyl groups excluding tert-OH is 5. The fraction of sp³-hybridized carbons (Fsp3) is 0.857. The molecule has 92 valence electrons. The molecule has 15 heavy (non-hydrogen) atoms. The summed E-state index contributed by atoms with van der Waals surface area (Å²) in [5, 5.41) is 43.5. The molecule has 0 aromatic heterocycles. The topological polar surface area (TPSA) is 153 Å². The Morgan fingerprint density at radius 3 is 1.93 bits per heavy atom. The minimum Gasteiger partial charge on any atom is -0.394 e. The van der Waals surface area contributed by atoms with Gasteiger partial charge in [0.05, 0.1) is 13.7 Å². The Balaban J connectivity index is 0. The molecule has 0 spiro atoms. The van der Waals surface area contributed by atoms with E-state index in [4.69, 9.17) is 25.5 Å². The molecular weight excluding hydrogens is 210 g/mol. The molecule has 0 fully saturated rings. The van der Waals surface area contributed by atoms with Crippen LogP contribution < -0.4 is 5.90 Å². The quantitative estimate of drug-likeness (QED) is 0.206. The van der Waals surface area contributed by atoms with Crippen molar-refractivity contribution >= 4 is 6.29 Å². The van der Waals surface area contributed by atoms with Gasteiger partial charge in [-0.1, -0.05) is 0 Å². The van der Waals surface area contributed by atoms with Gasteiger partial charge >= 0.3 is 0 Å². The van der Waals surface area contributed by atoms with Crippen LogP contribution in [0.25, 0.3) is 0 Å². The monoisotopic (exact) mass is 227 g/mol. The molecule has 0 rings (SSSR count). The minimum atomic E-state index is -1.79. The van der Waals surface area contributed by atoms with Crippen LogP contribution in [0.4, 0.5) is 0 Å². The van der Waals surface area contributed by atoms with Gasteiger partial charge in [0.1, 0.15) is 24.4 Å². The maximum Gasteiger partial charge on any atom is 0.151 e. The molecule has 0 aromatic carbocycles. The Hall–Kier alpha value is -0.610. The van der Waals surface area contributed by atoms with Crippen LogP contribution in [-0.2, 0) is 9.63 Å². The number of carbonyl (C=O) groups is 1. The molecule has 8 heteroatoms. The van der Waals surface area contributed by atoms with Gasteiger partial charge < -0.3 is 35.2 Å².